The van der Waals surface area contributed by atoms with Gasteiger partial charge in [-0.05, 0) is 49.2 Å². The number of aryl methyl sites for hydroxylation is 1. The minimum absolute atomic E-state index is 0.0998. The molecule has 0 radical (unpaired) electrons. The summed E-state index contributed by atoms with van der Waals surface area (Å²) in [5, 5.41) is 17.8. The number of nitrogens with two attached hydrogens (primary N) is 1. The first-order valence-electron chi connectivity index (χ1n) is 10.5. The van der Waals surface area contributed by atoms with E-state index in [-0.39, 0.29) is 16.7 Å². The summed E-state index contributed by atoms with van der Waals surface area (Å²) in [4.78, 5) is 19.3. The summed E-state index contributed by atoms with van der Waals surface area (Å²) in [6, 6.07) is 6.49. The smallest absolute Gasteiger partial charge is 0.269 e. The first-order valence-corrected chi connectivity index (χ1v) is 10.5. The lowest BCUT2D eigenvalue weighted by molar-refractivity contribution is -0.384. The summed E-state index contributed by atoms with van der Waals surface area (Å²) >= 11 is 0. The van der Waals surface area contributed by atoms with Crippen LogP contribution < -0.4 is 16.4 Å². The van der Waals surface area contributed by atoms with Gasteiger partial charge in [0.2, 0.25) is 0 Å². The van der Waals surface area contributed by atoms with Crippen molar-refractivity contribution in [2.45, 2.75) is 51.0 Å². The molecule has 4 N–H and O–H groups in total. The van der Waals surface area contributed by atoms with E-state index in [1.807, 2.05) is 0 Å². The number of anilines is 1. The van der Waals surface area contributed by atoms with Crippen LogP contribution in [0.4, 0.5) is 11.5 Å². The van der Waals surface area contributed by atoms with Gasteiger partial charge in [-0.1, -0.05) is 19.1 Å². The van der Waals surface area contributed by atoms with Crippen LogP contribution in [0.3, 0.4) is 0 Å². The Kier molecular flexibility index (Phi) is 5.94. The first kappa shape index (κ1) is 20.3. The molecule has 2 aliphatic carbocycles. The Morgan fingerprint density at radius 3 is 2.70 bits per heavy atom. The summed E-state index contributed by atoms with van der Waals surface area (Å²) in [5.41, 5.74) is 12.5. The van der Waals surface area contributed by atoms with Crippen LogP contribution >= 0.6 is 0 Å². The molecule has 1 aromatic heterocycles. The van der Waals surface area contributed by atoms with Crippen LogP contribution in [-0.4, -0.2) is 34.0 Å². The van der Waals surface area contributed by atoms with E-state index in [9.17, 15) is 10.1 Å². The summed E-state index contributed by atoms with van der Waals surface area (Å²) in [6.45, 7) is 3.72. The Hall–Kier alpha value is -3.00. The Bertz CT molecular complexity index is 951. The topological polar surface area (TPSA) is 119 Å². The summed E-state index contributed by atoms with van der Waals surface area (Å²) < 4.78 is 0. The number of non-ortho nitro benzene ring substituents is 1. The van der Waals surface area contributed by atoms with E-state index in [0.717, 1.165) is 55.9 Å². The molecule has 1 heterocycles. The Balaban J connectivity index is 1.31. The molecule has 0 spiro atoms. The molecular formula is C22H28N6O2. The van der Waals surface area contributed by atoms with Crippen molar-refractivity contribution in [1.29, 1.82) is 0 Å². The van der Waals surface area contributed by atoms with Gasteiger partial charge in [-0.15, -0.1) is 0 Å². The van der Waals surface area contributed by atoms with Crippen molar-refractivity contribution in [3.8, 4) is 0 Å². The third-order valence-electron chi connectivity index (χ3n) is 5.86. The second kappa shape index (κ2) is 8.79. The molecule has 0 bridgehead atoms. The zero-order chi connectivity index (χ0) is 21.1. The van der Waals surface area contributed by atoms with E-state index in [4.69, 9.17) is 5.73 Å². The van der Waals surface area contributed by atoms with Crippen LogP contribution in [-0.2, 0) is 12.8 Å². The third-order valence-corrected chi connectivity index (χ3v) is 5.86. The number of hydrogen-bond donors (Lipinski definition) is 3. The van der Waals surface area contributed by atoms with Gasteiger partial charge in [-0.25, -0.2) is 9.97 Å². The van der Waals surface area contributed by atoms with Gasteiger partial charge < -0.3 is 16.4 Å². The van der Waals surface area contributed by atoms with E-state index in [0.29, 0.717) is 12.3 Å². The average molecular weight is 409 g/mol. The van der Waals surface area contributed by atoms with Crippen LogP contribution in [0.5, 0.6) is 0 Å². The average Bonchev–Trinajstić information content (AvgIpc) is 3.50. The molecule has 2 aromatic rings. The fourth-order valence-corrected chi connectivity index (χ4v) is 4.13. The van der Waals surface area contributed by atoms with E-state index in [1.54, 1.807) is 18.5 Å². The van der Waals surface area contributed by atoms with Crippen molar-refractivity contribution >= 4 is 11.5 Å². The summed E-state index contributed by atoms with van der Waals surface area (Å²) in [5.74, 6) is 1.44. The van der Waals surface area contributed by atoms with Crippen molar-refractivity contribution < 1.29 is 4.92 Å². The fraction of sp³-hybridized carbons (Fsp3) is 0.455. The molecular weight excluding hydrogens is 380 g/mol. The zero-order valence-electron chi connectivity index (χ0n) is 17.2. The monoisotopic (exact) mass is 408 g/mol. The standard InChI is InChI=1S/C22H28N6O2/c1-14-2-9-19-20(14)22(27-13-26-19)25-11-10-24-21(16-5-6-16)18(23)12-15-3-7-17(8-4-15)28(29)30/h3-4,7-8,13-14,18,24H,2,5-6,9-12,23H2,1H3,(H,25,26,27)/t14-,18-/m1/s1. The molecule has 158 valence electrons. The highest BCUT2D eigenvalue weighted by Gasteiger charge is 2.24. The lowest BCUT2D eigenvalue weighted by Gasteiger charge is -2.19. The molecule has 0 amide bonds. The fourth-order valence-electron chi connectivity index (χ4n) is 4.13. The van der Waals surface area contributed by atoms with Crippen LogP contribution in [0.25, 0.3) is 0 Å². The van der Waals surface area contributed by atoms with Crippen molar-refractivity contribution in [1.82, 2.24) is 15.3 Å². The second-order valence-electron chi connectivity index (χ2n) is 8.13. The predicted molar refractivity (Wildman–Crippen MR) is 116 cm³/mol. The molecule has 0 unspecified atom stereocenters. The number of hydrogen-bond acceptors (Lipinski definition) is 7. The van der Waals surface area contributed by atoms with E-state index < -0.39 is 0 Å². The maximum absolute atomic E-state index is 10.8. The van der Waals surface area contributed by atoms with E-state index in [2.05, 4.69) is 27.5 Å². The predicted octanol–water partition coefficient (Wildman–Crippen LogP) is 3.05. The molecule has 1 aromatic carbocycles. The van der Waals surface area contributed by atoms with Crippen LogP contribution in [0.2, 0.25) is 0 Å². The number of fused-ring (bicyclic) bond motifs is 1. The van der Waals surface area contributed by atoms with Gasteiger partial charge in [0.05, 0.1) is 4.92 Å². The Morgan fingerprint density at radius 1 is 1.23 bits per heavy atom. The van der Waals surface area contributed by atoms with E-state index in [1.165, 1.54) is 29.0 Å². The normalized spacial score (nSPS) is 17.9. The van der Waals surface area contributed by atoms with Gasteiger partial charge >= 0.3 is 0 Å². The number of benzene rings is 1. The van der Waals surface area contributed by atoms with E-state index >= 15 is 0 Å². The highest BCUT2D eigenvalue weighted by Crippen LogP contribution is 2.35. The lowest BCUT2D eigenvalue weighted by Crippen LogP contribution is -2.35. The third kappa shape index (κ3) is 4.59. The van der Waals surface area contributed by atoms with Gasteiger partial charge in [-0.3, -0.25) is 10.1 Å². The largest absolute Gasteiger partial charge is 0.385 e. The number of aromatic nitrogens is 2. The molecule has 1 fully saturated rings. The molecule has 2 atom stereocenters. The highest BCUT2D eigenvalue weighted by atomic mass is 16.6. The SMILES string of the molecule is C[C@@H]1CCc2ncnc(NCCNC(=C3CC3)[C@H](N)Cc3ccc([N+](=O)[O-])cc3)c21. The van der Waals surface area contributed by atoms with Gasteiger partial charge in [0.25, 0.3) is 5.69 Å². The lowest BCUT2D eigenvalue weighted by atomic mass is 10.0. The maximum Gasteiger partial charge on any atom is 0.269 e. The Morgan fingerprint density at radius 2 is 2.00 bits per heavy atom. The van der Waals surface area contributed by atoms with Crippen LogP contribution in [0.15, 0.2) is 41.9 Å². The van der Waals surface area contributed by atoms with Gasteiger partial charge in [0, 0.05) is 48.2 Å². The highest BCUT2D eigenvalue weighted by molar-refractivity contribution is 5.50. The van der Waals surface area contributed by atoms with Crippen LogP contribution in [0, 0.1) is 10.1 Å². The molecule has 2 aliphatic rings. The van der Waals surface area contributed by atoms with Gasteiger partial charge in [0.15, 0.2) is 0 Å². The first-order chi connectivity index (χ1) is 14.5. The number of allylic oxidation sites excluding steroid dienone is 1. The van der Waals surface area contributed by atoms with Crippen molar-refractivity contribution in [3.63, 3.8) is 0 Å². The molecule has 0 aliphatic heterocycles. The minimum atomic E-state index is -0.385. The maximum atomic E-state index is 10.8. The summed E-state index contributed by atoms with van der Waals surface area (Å²) in [6.07, 6.45) is 6.62. The minimum Gasteiger partial charge on any atom is -0.385 e. The van der Waals surface area contributed by atoms with Gasteiger partial charge in [0.1, 0.15) is 12.1 Å². The number of nitrogens with one attached hydrogen (secondary N) is 2. The quantitative estimate of drug-likeness (QED) is 0.331. The number of nitro benzene ring substituents is 1. The van der Waals surface area contributed by atoms with Gasteiger partial charge in [-0.2, -0.15) is 0 Å². The molecule has 1 saturated carbocycles. The zero-order valence-corrected chi connectivity index (χ0v) is 17.2. The van der Waals surface area contributed by atoms with Crippen molar-refractivity contribution in [2.24, 2.45) is 5.73 Å². The number of nitrogens with zero attached hydrogens (tertiary/aromatic N) is 3. The molecule has 0 saturated heterocycles. The molecule has 4 rings (SSSR count). The molecule has 30 heavy (non-hydrogen) atoms. The summed E-state index contributed by atoms with van der Waals surface area (Å²) in [7, 11) is 0. The molecule has 8 nitrogen and oxygen atoms in total. The molecule has 8 heteroatoms. The van der Waals surface area contributed by atoms with Crippen LogP contribution in [0.1, 0.15) is 48.9 Å². The van der Waals surface area contributed by atoms with Crippen molar-refractivity contribution in [3.05, 3.63) is 68.8 Å². The Labute approximate surface area is 176 Å². The number of nitro groups is 1. The number of rotatable bonds is 9. The van der Waals surface area contributed by atoms with Crippen molar-refractivity contribution in [2.75, 3.05) is 18.4 Å². The second-order valence-corrected chi connectivity index (χ2v) is 8.13.